The van der Waals surface area contributed by atoms with Crippen molar-refractivity contribution in [2.75, 3.05) is 6.61 Å². The maximum atomic E-state index is 12.4. The van der Waals surface area contributed by atoms with Crippen LogP contribution in [-0.2, 0) is 13.0 Å². The molecule has 0 aliphatic rings. The first kappa shape index (κ1) is 16.1. The summed E-state index contributed by atoms with van der Waals surface area (Å²) >= 11 is 1.53. The summed E-state index contributed by atoms with van der Waals surface area (Å²) in [5, 5.41) is 11.4. The van der Waals surface area contributed by atoms with Gasteiger partial charge in [-0.05, 0) is 18.6 Å². The number of fused-ring (bicyclic) bond motifs is 1. The van der Waals surface area contributed by atoms with Gasteiger partial charge in [0, 0.05) is 10.9 Å². The fourth-order valence-electron chi connectivity index (χ4n) is 2.29. The van der Waals surface area contributed by atoms with Crippen molar-refractivity contribution >= 4 is 27.2 Å². The molecule has 7 nitrogen and oxygen atoms in total. The predicted octanol–water partition coefficient (Wildman–Crippen LogP) is 3.01. The summed E-state index contributed by atoms with van der Waals surface area (Å²) in [7, 11) is 0. The third kappa shape index (κ3) is 3.28. The lowest BCUT2D eigenvalue weighted by atomic mass is 10.3. The molecule has 0 aliphatic heterocycles. The number of nitrogens with zero attached hydrogens (tertiary/aromatic N) is 3. The molecule has 124 valence electrons. The largest absolute Gasteiger partial charge is 0.491 e. The molecule has 0 atom stereocenters. The number of aromatic nitrogens is 2. The summed E-state index contributed by atoms with van der Waals surface area (Å²) in [6, 6.07) is 7.84. The van der Waals surface area contributed by atoms with E-state index in [1.54, 1.807) is 12.1 Å². The predicted molar refractivity (Wildman–Crippen MR) is 91.8 cm³/mol. The van der Waals surface area contributed by atoms with E-state index in [1.807, 2.05) is 13.0 Å². The minimum atomic E-state index is -0.475. The summed E-state index contributed by atoms with van der Waals surface area (Å²) in [5.74, 6) is 0.398. The second-order valence-electron chi connectivity index (χ2n) is 5.13. The van der Waals surface area contributed by atoms with E-state index in [0.29, 0.717) is 17.7 Å². The van der Waals surface area contributed by atoms with Crippen molar-refractivity contribution in [1.29, 1.82) is 0 Å². The first-order valence-corrected chi connectivity index (χ1v) is 8.25. The smallest absolute Gasteiger partial charge is 0.273 e. The summed E-state index contributed by atoms with van der Waals surface area (Å²) in [6.45, 7) is 2.58. The molecule has 3 aromatic rings. The molecule has 0 saturated carbocycles. The monoisotopic (exact) mass is 345 g/mol. The second kappa shape index (κ2) is 6.79. The van der Waals surface area contributed by atoms with Crippen LogP contribution in [0.4, 0.5) is 5.69 Å². The normalized spacial score (nSPS) is 10.9. The number of benzene rings is 1. The molecule has 24 heavy (non-hydrogen) atoms. The fraction of sp³-hybridized carbons (Fsp3) is 0.250. The van der Waals surface area contributed by atoms with Crippen molar-refractivity contribution in [3.05, 3.63) is 62.0 Å². The third-order valence-corrected chi connectivity index (χ3v) is 4.73. The Morgan fingerprint density at radius 3 is 2.96 bits per heavy atom. The van der Waals surface area contributed by atoms with Gasteiger partial charge in [-0.3, -0.25) is 19.5 Å². The number of hydrogen-bond donors (Lipinski definition) is 0. The van der Waals surface area contributed by atoms with Crippen molar-refractivity contribution in [3.63, 3.8) is 0 Å². The van der Waals surface area contributed by atoms with Gasteiger partial charge in [-0.1, -0.05) is 13.0 Å². The van der Waals surface area contributed by atoms with E-state index < -0.39 is 4.92 Å². The Balaban J connectivity index is 1.72. The number of hydrogen-bond acceptors (Lipinski definition) is 6. The highest BCUT2D eigenvalue weighted by Crippen LogP contribution is 2.21. The number of aryl methyl sites for hydroxylation is 1. The molecule has 0 saturated heterocycles. The Morgan fingerprint density at radius 1 is 1.38 bits per heavy atom. The van der Waals surface area contributed by atoms with Crippen LogP contribution in [0.2, 0.25) is 0 Å². The van der Waals surface area contributed by atoms with E-state index in [-0.39, 0.29) is 17.9 Å². The summed E-state index contributed by atoms with van der Waals surface area (Å²) in [4.78, 5) is 28.9. The Hall–Kier alpha value is -2.74. The molecule has 0 spiro atoms. The van der Waals surface area contributed by atoms with E-state index in [1.165, 1.54) is 34.4 Å². The van der Waals surface area contributed by atoms with Crippen molar-refractivity contribution in [3.8, 4) is 5.75 Å². The molecule has 1 aromatic carbocycles. The van der Waals surface area contributed by atoms with Crippen LogP contribution in [0, 0.1) is 10.1 Å². The number of non-ortho nitro benzene ring substituents is 1. The van der Waals surface area contributed by atoms with Crippen LogP contribution in [-0.4, -0.2) is 21.1 Å². The van der Waals surface area contributed by atoms with Gasteiger partial charge >= 0.3 is 0 Å². The number of thiophene rings is 1. The lowest BCUT2D eigenvalue weighted by Gasteiger charge is -2.07. The Kier molecular flexibility index (Phi) is 4.57. The Bertz CT molecular complexity index is 948. The first-order valence-electron chi connectivity index (χ1n) is 7.43. The lowest BCUT2D eigenvalue weighted by Crippen LogP contribution is -2.23. The van der Waals surface area contributed by atoms with E-state index in [9.17, 15) is 14.9 Å². The van der Waals surface area contributed by atoms with Gasteiger partial charge in [-0.25, -0.2) is 4.98 Å². The fourth-order valence-corrected chi connectivity index (χ4v) is 3.22. The van der Waals surface area contributed by atoms with E-state index >= 15 is 0 Å². The van der Waals surface area contributed by atoms with Gasteiger partial charge in [0.2, 0.25) is 0 Å². The van der Waals surface area contributed by atoms with Gasteiger partial charge in [-0.2, -0.15) is 0 Å². The third-order valence-electron chi connectivity index (χ3n) is 3.55. The van der Waals surface area contributed by atoms with Gasteiger partial charge in [0.1, 0.15) is 17.2 Å². The van der Waals surface area contributed by atoms with Crippen LogP contribution in [0.3, 0.4) is 0 Å². The molecule has 0 aliphatic carbocycles. The van der Waals surface area contributed by atoms with Crippen molar-refractivity contribution < 1.29 is 9.66 Å². The molecule has 3 rings (SSSR count). The van der Waals surface area contributed by atoms with Crippen LogP contribution in [0.25, 0.3) is 10.2 Å². The highest BCUT2D eigenvalue weighted by molar-refractivity contribution is 7.18. The van der Waals surface area contributed by atoms with Crippen LogP contribution >= 0.6 is 11.3 Å². The quantitative estimate of drug-likeness (QED) is 0.506. The highest BCUT2D eigenvalue weighted by Gasteiger charge is 2.09. The summed E-state index contributed by atoms with van der Waals surface area (Å²) < 4.78 is 7.00. The zero-order valence-electron chi connectivity index (χ0n) is 13.0. The highest BCUT2D eigenvalue weighted by atomic mass is 32.1. The molecular weight excluding hydrogens is 330 g/mol. The van der Waals surface area contributed by atoms with Crippen LogP contribution < -0.4 is 10.3 Å². The van der Waals surface area contributed by atoms with Crippen molar-refractivity contribution in [2.24, 2.45) is 0 Å². The van der Waals surface area contributed by atoms with Crippen molar-refractivity contribution in [1.82, 2.24) is 9.55 Å². The SMILES string of the molecule is CCc1cc2c(=O)n(CCOc3cccc([N+](=O)[O-])c3)cnc2s1. The number of rotatable bonds is 6. The zero-order valence-corrected chi connectivity index (χ0v) is 13.8. The standard InChI is InChI=1S/C16H15N3O4S/c1-2-13-9-14-15(24-13)17-10-18(16(14)20)6-7-23-12-5-3-4-11(8-12)19(21)22/h3-5,8-10H,2,6-7H2,1H3. The molecule has 0 fully saturated rings. The zero-order chi connectivity index (χ0) is 17.1. The Morgan fingerprint density at radius 2 is 2.21 bits per heavy atom. The first-order chi connectivity index (χ1) is 11.6. The maximum absolute atomic E-state index is 12.4. The van der Waals surface area contributed by atoms with E-state index in [4.69, 9.17) is 4.74 Å². The topological polar surface area (TPSA) is 87.3 Å². The van der Waals surface area contributed by atoms with Crippen molar-refractivity contribution in [2.45, 2.75) is 19.9 Å². The molecule has 8 heteroatoms. The second-order valence-corrected chi connectivity index (χ2v) is 6.25. The van der Waals surface area contributed by atoms with Gasteiger partial charge in [0.05, 0.1) is 29.2 Å². The minimum Gasteiger partial charge on any atom is -0.491 e. The average Bonchev–Trinajstić information content (AvgIpc) is 3.01. The summed E-state index contributed by atoms with van der Waals surface area (Å²) in [6.07, 6.45) is 2.38. The van der Waals surface area contributed by atoms with Crippen LogP contribution in [0.15, 0.2) is 41.5 Å². The average molecular weight is 345 g/mol. The molecule has 0 amide bonds. The number of nitro groups is 1. The molecule has 2 heterocycles. The Labute approximate surface area is 141 Å². The van der Waals surface area contributed by atoms with Gasteiger partial charge in [-0.15, -0.1) is 11.3 Å². The van der Waals surface area contributed by atoms with Crippen LogP contribution in [0.1, 0.15) is 11.8 Å². The maximum Gasteiger partial charge on any atom is 0.273 e. The van der Waals surface area contributed by atoms with Crippen LogP contribution in [0.5, 0.6) is 5.75 Å². The minimum absolute atomic E-state index is 0.0295. The number of nitro benzene ring substituents is 1. The molecule has 2 aromatic heterocycles. The van der Waals surface area contributed by atoms with Gasteiger partial charge < -0.3 is 4.74 Å². The number of ether oxygens (including phenoxy) is 1. The molecule has 0 N–H and O–H groups in total. The lowest BCUT2D eigenvalue weighted by molar-refractivity contribution is -0.384. The molecule has 0 unspecified atom stereocenters. The summed E-state index contributed by atoms with van der Waals surface area (Å²) in [5.41, 5.74) is -0.128. The van der Waals surface area contributed by atoms with Gasteiger partial charge in [0.15, 0.2) is 0 Å². The van der Waals surface area contributed by atoms with Gasteiger partial charge in [0.25, 0.3) is 11.2 Å². The molecule has 0 bridgehead atoms. The molecule has 0 radical (unpaired) electrons. The van der Waals surface area contributed by atoms with E-state index in [0.717, 1.165) is 16.1 Å². The molecular formula is C16H15N3O4S. The van der Waals surface area contributed by atoms with E-state index in [2.05, 4.69) is 4.98 Å².